The van der Waals surface area contributed by atoms with E-state index in [0.29, 0.717) is 19.6 Å². The summed E-state index contributed by atoms with van der Waals surface area (Å²) in [6.45, 7) is 3.44. The van der Waals surface area contributed by atoms with E-state index < -0.39 is 11.5 Å². The van der Waals surface area contributed by atoms with Gasteiger partial charge in [-0.3, -0.25) is 4.79 Å². The van der Waals surface area contributed by atoms with Crippen molar-refractivity contribution in [2.45, 2.75) is 25.7 Å². The number of piperidine rings is 1. The Hall–Kier alpha value is -2.04. The average Bonchev–Trinajstić information content (AvgIpc) is 2.77. The van der Waals surface area contributed by atoms with Crippen LogP contribution in [0.4, 0.5) is 4.79 Å². The van der Waals surface area contributed by atoms with Gasteiger partial charge in [-0.05, 0) is 25.3 Å². The van der Waals surface area contributed by atoms with Crippen molar-refractivity contribution >= 4 is 12.0 Å². The maximum Gasteiger partial charge on any atom is 0.407 e. The number of nitrogens with zero attached hydrogens (tertiary/aromatic N) is 1. The molecule has 1 spiro atoms. The zero-order chi connectivity index (χ0) is 15.0. The first-order chi connectivity index (χ1) is 10.0. The van der Waals surface area contributed by atoms with Gasteiger partial charge in [0.2, 0.25) is 5.91 Å². The molecule has 2 aliphatic rings. The summed E-state index contributed by atoms with van der Waals surface area (Å²) in [4.78, 5) is 25.1. The Morgan fingerprint density at radius 2 is 2.10 bits per heavy atom. The molecule has 1 aromatic rings. The zero-order valence-electron chi connectivity index (χ0n) is 12.1. The second kappa shape index (κ2) is 5.06. The van der Waals surface area contributed by atoms with Crippen LogP contribution >= 0.6 is 0 Å². The second-order valence-corrected chi connectivity index (χ2v) is 6.14. The SMILES string of the molecule is Cc1ccc(C2CNC(=O)C23CCCN(C(=O)O)C3)cc1. The minimum absolute atomic E-state index is 0.000903. The fourth-order valence-electron chi connectivity index (χ4n) is 3.68. The highest BCUT2D eigenvalue weighted by molar-refractivity contribution is 5.87. The first-order valence-corrected chi connectivity index (χ1v) is 7.36. The van der Waals surface area contributed by atoms with Gasteiger partial charge in [-0.2, -0.15) is 0 Å². The van der Waals surface area contributed by atoms with Crippen LogP contribution in [0.2, 0.25) is 0 Å². The first-order valence-electron chi connectivity index (χ1n) is 7.36. The summed E-state index contributed by atoms with van der Waals surface area (Å²) in [5, 5.41) is 12.2. The highest BCUT2D eigenvalue weighted by atomic mass is 16.4. The molecule has 2 aliphatic heterocycles. The molecule has 0 saturated carbocycles. The van der Waals surface area contributed by atoms with Gasteiger partial charge in [-0.15, -0.1) is 0 Å². The maximum atomic E-state index is 12.4. The predicted octanol–water partition coefficient (Wildman–Crippen LogP) is 1.97. The van der Waals surface area contributed by atoms with E-state index in [0.717, 1.165) is 18.4 Å². The van der Waals surface area contributed by atoms with Crippen LogP contribution in [0.25, 0.3) is 0 Å². The van der Waals surface area contributed by atoms with Gasteiger partial charge in [0, 0.05) is 25.6 Å². The third kappa shape index (κ3) is 2.26. The number of rotatable bonds is 1. The third-order valence-electron chi connectivity index (χ3n) is 4.86. The van der Waals surface area contributed by atoms with E-state index in [9.17, 15) is 14.7 Å². The fourth-order valence-corrected chi connectivity index (χ4v) is 3.68. The van der Waals surface area contributed by atoms with E-state index in [2.05, 4.69) is 17.4 Å². The zero-order valence-corrected chi connectivity index (χ0v) is 12.1. The van der Waals surface area contributed by atoms with E-state index in [1.165, 1.54) is 10.5 Å². The Morgan fingerprint density at radius 3 is 2.76 bits per heavy atom. The molecule has 112 valence electrons. The molecule has 0 aliphatic carbocycles. The summed E-state index contributed by atoms with van der Waals surface area (Å²) >= 11 is 0. The minimum atomic E-state index is -0.934. The van der Waals surface area contributed by atoms with Crippen LogP contribution < -0.4 is 5.32 Å². The largest absolute Gasteiger partial charge is 0.465 e. The van der Waals surface area contributed by atoms with Gasteiger partial charge in [0.25, 0.3) is 0 Å². The maximum absolute atomic E-state index is 12.4. The van der Waals surface area contributed by atoms with E-state index >= 15 is 0 Å². The van der Waals surface area contributed by atoms with Crippen molar-refractivity contribution < 1.29 is 14.7 Å². The van der Waals surface area contributed by atoms with Gasteiger partial charge < -0.3 is 15.3 Å². The molecule has 2 N–H and O–H groups in total. The van der Waals surface area contributed by atoms with Gasteiger partial charge in [0.15, 0.2) is 0 Å². The number of amides is 2. The van der Waals surface area contributed by atoms with Crippen LogP contribution in [-0.4, -0.2) is 41.6 Å². The van der Waals surface area contributed by atoms with Crippen LogP contribution in [0.3, 0.4) is 0 Å². The van der Waals surface area contributed by atoms with E-state index in [1.54, 1.807) is 0 Å². The van der Waals surface area contributed by atoms with Crippen molar-refractivity contribution in [2.24, 2.45) is 5.41 Å². The van der Waals surface area contributed by atoms with Crippen molar-refractivity contribution in [1.29, 1.82) is 0 Å². The Kier molecular flexibility index (Phi) is 3.35. The fraction of sp³-hybridized carbons (Fsp3) is 0.500. The molecular formula is C16H20N2O3. The average molecular weight is 288 g/mol. The van der Waals surface area contributed by atoms with Crippen molar-refractivity contribution in [3.05, 3.63) is 35.4 Å². The van der Waals surface area contributed by atoms with Crippen LogP contribution in [0.15, 0.2) is 24.3 Å². The van der Waals surface area contributed by atoms with Gasteiger partial charge in [-0.25, -0.2) is 4.79 Å². The number of carbonyl (C=O) groups excluding carboxylic acids is 1. The Morgan fingerprint density at radius 1 is 1.38 bits per heavy atom. The van der Waals surface area contributed by atoms with Gasteiger partial charge in [0.1, 0.15) is 0 Å². The molecule has 21 heavy (non-hydrogen) atoms. The highest BCUT2D eigenvalue weighted by Gasteiger charge is 2.53. The Balaban J connectivity index is 1.95. The van der Waals surface area contributed by atoms with Crippen LogP contribution in [0.1, 0.15) is 29.9 Å². The van der Waals surface area contributed by atoms with Crippen LogP contribution in [-0.2, 0) is 4.79 Å². The van der Waals surface area contributed by atoms with Crippen molar-refractivity contribution in [3.8, 4) is 0 Å². The third-order valence-corrected chi connectivity index (χ3v) is 4.86. The van der Waals surface area contributed by atoms with Gasteiger partial charge in [0.05, 0.1) is 5.41 Å². The summed E-state index contributed by atoms with van der Waals surface area (Å²) in [5.74, 6) is 0.0479. The summed E-state index contributed by atoms with van der Waals surface area (Å²) in [5.41, 5.74) is 1.69. The van der Waals surface area contributed by atoms with Crippen LogP contribution in [0.5, 0.6) is 0 Å². The molecule has 2 atom stereocenters. The summed E-state index contributed by atoms with van der Waals surface area (Å²) in [7, 11) is 0. The number of nitrogens with one attached hydrogen (secondary N) is 1. The summed E-state index contributed by atoms with van der Waals surface area (Å²) < 4.78 is 0. The lowest BCUT2D eigenvalue weighted by molar-refractivity contribution is -0.130. The van der Waals surface area contributed by atoms with Crippen LogP contribution in [0, 0.1) is 12.3 Å². The molecule has 5 heteroatoms. The molecule has 2 unspecified atom stereocenters. The summed E-state index contributed by atoms with van der Waals surface area (Å²) in [6, 6.07) is 8.21. The number of benzene rings is 1. The second-order valence-electron chi connectivity index (χ2n) is 6.14. The van der Waals surface area contributed by atoms with Crippen molar-refractivity contribution in [2.75, 3.05) is 19.6 Å². The molecule has 0 aromatic heterocycles. The molecule has 3 rings (SSSR count). The normalized spacial score (nSPS) is 28.7. The standard InChI is InChI=1S/C16H20N2O3/c1-11-3-5-12(6-4-11)13-9-17-14(19)16(13)7-2-8-18(10-16)15(20)21/h3-6,13H,2,7-10H2,1H3,(H,17,19)(H,20,21). The predicted molar refractivity (Wildman–Crippen MR) is 78.2 cm³/mol. The van der Waals surface area contributed by atoms with E-state index in [-0.39, 0.29) is 11.8 Å². The molecule has 2 saturated heterocycles. The topological polar surface area (TPSA) is 69.6 Å². The molecule has 2 heterocycles. The smallest absolute Gasteiger partial charge is 0.407 e. The Bertz CT molecular complexity index is 569. The molecule has 0 radical (unpaired) electrons. The molecule has 0 bridgehead atoms. The number of aryl methyl sites for hydroxylation is 1. The molecule has 5 nitrogen and oxygen atoms in total. The number of likely N-dealkylation sites (tertiary alicyclic amines) is 1. The molecular weight excluding hydrogens is 268 g/mol. The lowest BCUT2D eigenvalue weighted by atomic mass is 9.69. The van der Waals surface area contributed by atoms with Crippen molar-refractivity contribution in [3.63, 3.8) is 0 Å². The molecule has 1 aromatic carbocycles. The number of hydrogen-bond donors (Lipinski definition) is 2. The summed E-state index contributed by atoms with van der Waals surface area (Å²) in [6.07, 6.45) is 0.555. The van der Waals surface area contributed by atoms with Gasteiger partial charge in [-0.1, -0.05) is 29.8 Å². The number of carboxylic acid groups (broad SMARTS) is 1. The highest BCUT2D eigenvalue weighted by Crippen LogP contribution is 2.46. The number of hydrogen-bond acceptors (Lipinski definition) is 2. The van der Waals surface area contributed by atoms with Crippen molar-refractivity contribution in [1.82, 2.24) is 10.2 Å². The molecule has 2 fully saturated rings. The minimum Gasteiger partial charge on any atom is -0.465 e. The van der Waals surface area contributed by atoms with Gasteiger partial charge >= 0.3 is 6.09 Å². The lowest BCUT2D eigenvalue weighted by Crippen LogP contribution is -2.51. The van der Waals surface area contributed by atoms with E-state index in [4.69, 9.17) is 0 Å². The van der Waals surface area contributed by atoms with E-state index in [1.807, 2.05) is 19.1 Å². The number of carbonyl (C=O) groups is 2. The molecule has 2 amide bonds. The quantitative estimate of drug-likeness (QED) is 0.830. The first kappa shape index (κ1) is 13.9. The Labute approximate surface area is 123 Å². The lowest BCUT2D eigenvalue weighted by Gasteiger charge is -2.40. The monoisotopic (exact) mass is 288 g/mol.